The van der Waals surface area contributed by atoms with Crippen LogP contribution in [0, 0.1) is 0 Å². The van der Waals surface area contributed by atoms with E-state index in [1.807, 2.05) is 66.7 Å². The van der Waals surface area contributed by atoms with Crippen LogP contribution in [-0.4, -0.2) is 33.1 Å². The number of ether oxygens (including phenoxy) is 1. The van der Waals surface area contributed by atoms with Crippen molar-refractivity contribution in [3.05, 3.63) is 66.2 Å². The Morgan fingerprint density at radius 3 is 2.66 bits per heavy atom. The van der Waals surface area contributed by atoms with Gasteiger partial charge in [-0.05, 0) is 24.1 Å². The van der Waals surface area contributed by atoms with Gasteiger partial charge in [0.2, 0.25) is 16.9 Å². The van der Waals surface area contributed by atoms with Crippen LogP contribution in [0.25, 0.3) is 17.3 Å². The second-order valence-corrected chi connectivity index (χ2v) is 8.55. The number of nitrogens with zero attached hydrogens (tertiary/aromatic N) is 4. The lowest BCUT2D eigenvalue weighted by molar-refractivity contribution is -0.117. The first-order chi connectivity index (χ1) is 15.7. The fourth-order valence-corrected chi connectivity index (χ4v) is 4.32. The number of hydrogen-bond donors (Lipinski definition) is 0. The summed E-state index contributed by atoms with van der Waals surface area (Å²) in [6, 6.07) is 17.5. The summed E-state index contributed by atoms with van der Waals surface area (Å²) < 4.78 is 6.29. The second-order valence-electron chi connectivity index (χ2n) is 7.49. The molecule has 1 aliphatic rings. The minimum absolute atomic E-state index is 0.130. The average Bonchev–Trinajstić information content (AvgIpc) is 2.95. The van der Waals surface area contributed by atoms with Crippen molar-refractivity contribution < 1.29 is 9.53 Å². The molecule has 7 heteroatoms. The summed E-state index contributed by atoms with van der Waals surface area (Å²) in [7, 11) is 0. The lowest BCUT2D eigenvalue weighted by atomic mass is 10.1. The predicted octanol–water partition coefficient (Wildman–Crippen LogP) is 5.61. The summed E-state index contributed by atoms with van der Waals surface area (Å²) in [5.41, 5.74) is 3.06. The number of benzene rings is 2. The normalized spacial score (nSPS) is 15.1. The van der Waals surface area contributed by atoms with E-state index in [1.165, 1.54) is 19.8 Å². The molecule has 0 unspecified atom stereocenters. The molecule has 0 bridgehead atoms. The summed E-state index contributed by atoms with van der Waals surface area (Å²) >= 11 is 1.58. The third-order valence-corrected chi connectivity index (χ3v) is 6.04. The van der Waals surface area contributed by atoms with Gasteiger partial charge in [0.15, 0.2) is 11.9 Å². The highest BCUT2D eigenvalue weighted by atomic mass is 32.2. The fourth-order valence-electron chi connectivity index (χ4n) is 3.55. The number of hydrogen-bond acceptors (Lipinski definition) is 6. The molecule has 1 aliphatic heterocycles. The molecule has 32 heavy (non-hydrogen) atoms. The largest absolute Gasteiger partial charge is 0.448 e. The predicted molar refractivity (Wildman–Crippen MR) is 129 cm³/mol. The topological polar surface area (TPSA) is 68.2 Å². The first-order valence-electron chi connectivity index (χ1n) is 10.8. The van der Waals surface area contributed by atoms with Crippen molar-refractivity contribution in [3.63, 3.8) is 0 Å². The number of thioether (sulfide) groups is 1. The van der Waals surface area contributed by atoms with E-state index < -0.39 is 6.23 Å². The number of amides is 1. The summed E-state index contributed by atoms with van der Waals surface area (Å²) in [6.07, 6.45) is 6.60. The van der Waals surface area contributed by atoms with Gasteiger partial charge in [-0.15, -0.1) is 10.2 Å². The van der Waals surface area contributed by atoms with Crippen molar-refractivity contribution in [1.29, 1.82) is 0 Å². The van der Waals surface area contributed by atoms with E-state index in [4.69, 9.17) is 4.74 Å². The number of carbonyl (C=O) groups is 1. The van der Waals surface area contributed by atoms with Gasteiger partial charge >= 0.3 is 0 Å². The molecular formula is C25H26N4O2S. The van der Waals surface area contributed by atoms with Gasteiger partial charge in [-0.3, -0.25) is 9.69 Å². The zero-order valence-electron chi connectivity index (χ0n) is 18.3. The van der Waals surface area contributed by atoms with Crippen LogP contribution >= 0.6 is 11.8 Å². The molecule has 0 N–H and O–H groups in total. The van der Waals surface area contributed by atoms with Gasteiger partial charge in [-0.1, -0.05) is 86.1 Å². The first kappa shape index (κ1) is 22.0. The smallest absolute Gasteiger partial charge is 0.247 e. The van der Waals surface area contributed by atoms with Crippen LogP contribution in [0.3, 0.4) is 0 Å². The number of rotatable bonds is 7. The van der Waals surface area contributed by atoms with Crippen molar-refractivity contribution in [2.24, 2.45) is 0 Å². The Bertz CT molecular complexity index is 1100. The van der Waals surface area contributed by atoms with E-state index in [1.54, 1.807) is 16.7 Å². The molecule has 1 amide bonds. The molecule has 1 aromatic heterocycles. The van der Waals surface area contributed by atoms with E-state index in [0.29, 0.717) is 16.7 Å². The van der Waals surface area contributed by atoms with E-state index in [-0.39, 0.29) is 5.91 Å². The van der Waals surface area contributed by atoms with E-state index in [2.05, 4.69) is 22.1 Å². The van der Waals surface area contributed by atoms with Crippen molar-refractivity contribution in [1.82, 2.24) is 15.2 Å². The van der Waals surface area contributed by atoms with Crippen molar-refractivity contribution >= 4 is 29.4 Å². The van der Waals surface area contributed by atoms with Crippen LogP contribution in [0.15, 0.2) is 65.8 Å². The molecule has 0 radical (unpaired) electrons. The lowest BCUT2D eigenvalue weighted by Gasteiger charge is -2.27. The third kappa shape index (κ3) is 4.99. The SMILES string of the molecule is CCCCCSc1nnc2c(n1)O[C@@H](/C=C/c1ccccc1)N(C(C)=O)c1ccccc1-2. The first-order valence-corrected chi connectivity index (χ1v) is 11.8. The van der Waals surface area contributed by atoms with Gasteiger partial charge in [0, 0.05) is 18.2 Å². The Kier molecular flexibility index (Phi) is 7.17. The Balaban J connectivity index is 1.73. The third-order valence-electron chi connectivity index (χ3n) is 5.11. The zero-order valence-corrected chi connectivity index (χ0v) is 19.1. The second kappa shape index (κ2) is 10.4. The van der Waals surface area contributed by atoms with Crippen LogP contribution in [0.4, 0.5) is 5.69 Å². The molecule has 1 atom stereocenters. The number of anilines is 1. The van der Waals surface area contributed by atoms with Gasteiger partial charge in [0.25, 0.3) is 0 Å². The van der Waals surface area contributed by atoms with Crippen molar-refractivity contribution in [2.75, 3.05) is 10.7 Å². The molecule has 2 heterocycles. The summed E-state index contributed by atoms with van der Waals surface area (Å²) in [4.78, 5) is 19.0. The lowest BCUT2D eigenvalue weighted by Crippen LogP contribution is -2.41. The van der Waals surface area contributed by atoms with Crippen LogP contribution in [0.2, 0.25) is 0 Å². The minimum Gasteiger partial charge on any atom is -0.448 e. The molecule has 0 fully saturated rings. The molecule has 2 aromatic carbocycles. The Morgan fingerprint density at radius 1 is 1.09 bits per heavy atom. The highest BCUT2D eigenvalue weighted by Gasteiger charge is 2.32. The highest BCUT2D eigenvalue weighted by molar-refractivity contribution is 7.99. The molecule has 0 saturated carbocycles. The fraction of sp³-hybridized carbons (Fsp3) is 0.280. The van der Waals surface area contributed by atoms with Gasteiger partial charge in [-0.2, -0.15) is 4.98 Å². The number of aromatic nitrogens is 3. The standard InChI is InChI=1S/C25H26N4O2S/c1-3-4-10-17-32-25-26-24-23(27-28-25)20-13-8-9-14-21(20)29(18(2)30)22(31-24)16-15-19-11-6-5-7-12-19/h5-9,11-16,22H,3-4,10,17H2,1-2H3/b16-15+/t22-/m0/s1. The number of unbranched alkanes of at least 4 members (excludes halogenated alkanes) is 2. The minimum atomic E-state index is -0.662. The monoisotopic (exact) mass is 446 g/mol. The van der Waals surface area contributed by atoms with E-state index >= 15 is 0 Å². The van der Waals surface area contributed by atoms with E-state index in [9.17, 15) is 4.79 Å². The maximum Gasteiger partial charge on any atom is 0.247 e. The molecular weight excluding hydrogens is 420 g/mol. The van der Waals surface area contributed by atoms with Gasteiger partial charge in [0.05, 0.1) is 5.69 Å². The number of para-hydroxylation sites is 1. The van der Waals surface area contributed by atoms with Crippen LogP contribution in [0.5, 0.6) is 5.88 Å². The Labute approximate surface area is 192 Å². The molecule has 0 spiro atoms. The molecule has 3 aromatic rings. The summed E-state index contributed by atoms with van der Waals surface area (Å²) in [5.74, 6) is 1.19. The molecule has 4 rings (SSSR count). The molecule has 164 valence electrons. The highest BCUT2D eigenvalue weighted by Crippen LogP contribution is 2.39. The quantitative estimate of drug-likeness (QED) is 0.347. The summed E-state index contributed by atoms with van der Waals surface area (Å²) in [5, 5.41) is 9.35. The Hall–Kier alpha value is -3.19. The van der Waals surface area contributed by atoms with Crippen LogP contribution in [0.1, 0.15) is 38.7 Å². The summed E-state index contributed by atoms with van der Waals surface area (Å²) in [6.45, 7) is 3.72. The maximum absolute atomic E-state index is 12.7. The molecule has 6 nitrogen and oxygen atoms in total. The van der Waals surface area contributed by atoms with Crippen molar-refractivity contribution in [2.45, 2.75) is 44.5 Å². The zero-order chi connectivity index (χ0) is 22.3. The number of carbonyl (C=O) groups excluding carboxylic acids is 1. The maximum atomic E-state index is 12.7. The van der Waals surface area contributed by atoms with Crippen LogP contribution < -0.4 is 9.64 Å². The van der Waals surface area contributed by atoms with Gasteiger partial charge in [0.1, 0.15) is 0 Å². The average molecular weight is 447 g/mol. The van der Waals surface area contributed by atoms with Gasteiger partial charge in [-0.25, -0.2) is 0 Å². The Morgan fingerprint density at radius 2 is 1.88 bits per heavy atom. The molecule has 0 saturated heterocycles. The van der Waals surface area contributed by atoms with E-state index in [0.717, 1.165) is 29.0 Å². The van der Waals surface area contributed by atoms with Crippen molar-refractivity contribution in [3.8, 4) is 17.1 Å². The van der Waals surface area contributed by atoms with Crippen LogP contribution in [-0.2, 0) is 4.79 Å². The van der Waals surface area contributed by atoms with Gasteiger partial charge < -0.3 is 4.74 Å². The number of fused-ring (bicyclic) bond motifs is 3. The molecule has 0 aliphatic carbocycles.